The number of pyridine rings is 1. The number of hydrogen-bond acceptors (Lipinski definition) is 8. The van der Waals surface area contributed by atoms with Gasteiger partial charge in [-0.05, 0) is 53.1 Å². The molecule has 12 nitrogen and oxygen atoms in total. The molecule has 13 heteroatoms. The first-order chi connectivity index (χ1) is 22.8. The topological polar surface area (TPSA) is 165 Å². The molecule has 3 rings (SSSR count). The van der Waals surface area contributed by atoms with E-state index in [1.54, 1.807) is 25.5 Å². The number of sulfonamides is 1. The fourth-order valence-electron chi connectivity index (χ4n) is 5.16. The maximum atomic E-state index is 13.9. The molecule has 0 radical (unpaired) electrons. The van der Waals surface area contributed by atoms with Gasteiger partial charge in [0.1, 0.15) is 6.04 Å². The number of carbonyl (C=O) groups is 2. The largest absolute Gasteiger partial charge is 0.411 e. The summed E-state index contributed by atoms with van der Waals surface area (Å²) in [6.07, 6.45) is 4.03. The van der Waals surface area contributed by atoms with E-state index in [1.807, 2.05) is 64.1 Å². The third-order valence-electron chi connectivity index (χ3n) is 8.04. The molecule has 0 aliphatic rings. The summed E-state index contributed by atoms with van der Waals surface area (Å²) in [4.78, 5) is 32.7. The first-order valence-electron chi connectivity index (χ1n) is 16.1. The van der Waals surface area contributed by atoms with Gasteiger partial charge in [0.05, 0.1) is 23.3 Å². The monoisotopic (exact) mass is 680 g/mol. The molecule has 0 unspecified atom stereocenters. The van der Waals surface area contributed by atoms with Gasteiger partial charge in [-0.3, -0.25) is 9.78 Å². The van der Waals surface area contributed by atoms with E-state index in [4.69, 9.17) is 5.21 Å². The molecule has 0 saturated carbocycles. The molecular formula is C35H48N6O6S. The molecule has 0 fully saturated rings. The van der Waals surface area contributed by atoms with Crippen molar-refractivity contribution in [2.75, 3.05) is 20.1 Å². The van der Waals surface area contributed by atoms with Crippen LogP contribution < -0.4 is 10.6 Å². The van der Waals surface area contributed by atoms with Crippen LogP contribution in [0.1, 0.15) is 50.8 Å². The van der Waals surface area contributed by atoms with Gasteiger partial charge in [0, 0.05) is 39.1 Å². The molecule has 0 saturated heterocycles. The number of amides is 3. The summed E-state index contributed by atoms with van der Waals surface area (Å²) < 4.78 is 28.9. The van der Waals surface area contributed by atoms with Gasteiger partial charge in [-0.1, -0.05) is 87.8 Å². The quantitative estimate of drug-likeness (QED) is 0.0955. The van der Waals surface area contributed by atoms with Crippen molar-refractivity contribution in [2.24, 2.45) is 17.0 Å². The van der Waals surface area contributed by atoms with Crippen molar-refractivity contribution in [1.29, 1.82) is 0 Å². The zero-order chi connectivity index (χ0) is 35.3. The Balaban J connectivity index is 1.86. The number of carbonyl (C=O) groups excluding carboxylic acids is 2. The van der Waals surface area contributed by atoms with E-state index in [9.17, 15) is 23.1 Å². The summed E-state index contributed by atoms with van der Waals surface area (Å²) >= 11 is 0. The van der Waals surface area contributed by atoms with E-state index >= 15 is 0 Å². The molecule has 1 aromatic heterocycles. The van der Waals surface area contributed by atoms with Crippen molar-refractivity contribution < 1.29 is 28.3 Å². The van der Waals surface area contributed by atoms with Gasteiger partial charge in [0.25, 0.3) is 0 Å². The van der Waals surface area contributed by atoms with Crippen LogP contribution in [-0.2, 0) is 27.8 Å². The van der Waals surface area contributed by atoms with Gasteiger partial charge in [-0.2, -0.15) is 4.31 Å². The standard InChI is InChI=1S/C35H48N6O6S/c1-6-26(4)33(39-35(44)40(5)23-29-13-10-18-36-20-29)34(43)38-31(19-27-11-8-7-9-12-27)32(42)24-41(22-25(2)3)48(46,47)30-16-14-28(15-17-30)21-37-45/h7-18,20-21,25-26,31-33,42,45H,6,19,22-24H2,1-5H3,(H,38,43)(H,39,44)/b37-21+/t26-,31-,32+,33-/m0/s1. The van der Waals surface area contributed by atoms with Gasteiger partial charge < -0.3 is 25.8 Å². The van der Waals surface area contributed by atoms with Crippen LogP contribution in [-0.4, -0.2) is 89.4 Å². The average Bonchev–Trinajstić information content (AvgIpc) is 3.07. The highest BCUT2D eigenvalue weighted by Crippen LogP contribution is 2.20. The molecule has 3 aromatic rings. The molecule has 48 heavy (non-hydrogen) atoms. The predicted octanol–water partition coefficient (Wildman–Crippen LogP) is 3.88. The third-order valence-corrected chi connectivity index (χ3v) is 9.88. The van der Waals surface area contributed by atoms with Crippen LogP contribution in [0.4, 0.5) is 4.79 Å². The van der Waals surface area contributed by atoms with Crippen molar-refractivity contribution in [3.05, 3.63) is 95.8 Å². The molecule has 260 valence electrons. The Hall–Kier alpha value is -4.33. The number of aliphatic hydroxyl groups is 1. The van der Waals surface area contributed by atoms with Gasteiger partial charge in [-0.25, -0.2) is 13.2 Å². The smallest absolute Gasteiger partial charge is 0.318 e. The minimum Gasteiger partial charge on any atom is -0.411 e. The Morgan fingerprint density at radius 1 is 0.958 bits per heavy atom. The molecule has 0 spiro atoms. The Morgan fingerprint density at radius 2 is 1.62 bits per heavy atom. The summed E-state index contributed by atoms with van der Waals surface area (Å²) in [6, 6.07) is 16.6. The zero-order valence-electron chi connectivity index (χ0n) is 28.2. The summed E-state index contributed by atoms with van der Waals surface area (Å²) in [5, 5.41) is 29.3. The molecule has 4 atom stereocenters. The predicted molar refractivity (Wildman–Crippen MR) is 185 cm³/mol. The SMILES string of the molecule is CC[C@H](C)[C@H](NC(=O)N(C)Cc1cccnc1)C(=O)N[C@@H](Cc1ccccc1)[C@H](O)CN(CC(C)C)S(=O)(=O)c1ccc(/C=N/O)cc1. The molecule has 0 bridgehead atoms. The normalized spacial score (nSPS) is 14.4. The first kappa shape index (κ1) is 38.1. The van der Waals surface area contributed by atoms with E-state index in [0.717, 1.165) is 11.1 Å². The van der Waals surface area contributed by atoms with E-state index < -0.39 is 40.1 Å². The van der Waals surface area contributed by atoms with Gasteiger partial charge >= 0.3 is 6.03 Å². The van der Waals surface area contributed by atoms with Gasteiger partial charge in [0.2, 0.25) is 15.9 Å². The number of rotatable bonds is 17. The lowest BCUT2D eigenvalue weighted by Gasteiger charge is -2.33. The first-order valence-corrected chi connectivity index (χ1v) is 17.5. The molecule has 0 aliphatic carbocycles. The second kappa shape index (κ2) is 18.3. The summed E-state index contributed by atoms with van der Waals surface area (Å²) in [6.45, 7) is 7.68. The maximum Gasteiger partial charge on any atom is 0.318 e. The van der Waals surface area contributed by atoms with Crippen molar-refractivity contribution in [2.45, 2.75) is 70.2 Å². The fourth-order valence-corrected chi connectivity index (χ4v) is 6.78. The van der Waals surface area contributed by atoms with Crippen LogP contribution in [0.5, 0.6) is 0 Å². The minimum absolute atomic E-state index is 0.0176. The van der Waals surface area contributed by atoms with Crippen LogP contribution in [0, 0.1) is 11.8 Å². The second-order valence-corrected chi connectivity index (χ2v) is 14.4. The van der Waals surface area contributed by atoms with Gasteiger partial charge in [-0.15, -0.1) is 0 Å². The second-order valence-electron chi connectivity index (χ2n) is 12.4. The summed E-state index contributed by atoms with van der Waals surface area (Å²) in [5.41, 5.74) is 2.19. The Morgan fingerprint density at radius 3 is 2.21 bits per heavy atom. The van der Waals surface area contributed by atoms with Crippen LogP contribution in [0.25, 0.3) is 0 Å². The molecule has 3 amide bonds. The Bertz CT molecular complexity index is 1570. The molecule has 0 aliphatic heterocycles. The van der Waals surface area contributed by atoms with Crippen LogP contribution in [0.3, 0.4) is 0 Å². The average molecular weight is 681 g/mol. The zero-order valence-corrected chi connectivity index (χ0v) is 29.0. The number of aliphatic hydroxyl groups excluding tert-OH is 1. The van der Waals surface area contributed by atoms with Gasteiger partial charge in [0.15, 0.2) is 0 Å². The van der Waals surface area contributed by atoms with Crippen molar-refractivity contribution in [3.63, 3.8) is 0 Å². The lowest BCUT2D eigenvalue weighted by Crippen LogP contribution is -2.58. The molecule has 2 aromatic carbocycles. The van der Waals surface area contributed by atoms with Crippen molar-refractivity contribution in [3.8, 4) is 0 Å². The summed E-state index contributed by atoms with van der Waals surface area (Å²) in [7, 11) is -2.42. The molecule has 1 heterocycles. The van der Waals surface area contributed by atoms with E-state index in [0.29, 0.717) is 18.5 Å². The van der Waals surface area contributed by atoms with E-state index in [2.05, 4.69) is 20.8 Å². The fraction of sp³-hybridized carbons (Fsp3) is 0.429. The lowest BCUT2D eigenvalue weighted by molar-refractivity contribution is -0.125. The van der Waals surface area contributed by atoms with Crippen molar-refractivity contribution in [1.82, 2.24) is 24.8 Å². The third kappa shape index (κ3) is 11.1. The maximum absolute atomic E-state index is 13.9. The number of oxime groups is 1. The van der Waals surface area contributed by atoms with Crippen LogP contribution >= 0.6 is 0 Å². The number of benzene rings is 2. The van der Waals surface area contributed by atoms with E-state index in [1.165, 1.54) is 39.7 Å². The van der Waals surface area contributed by atoms with E-state index in [-0.39, 0.29) is 36.2 Å². The van der Waals surface area contributed by atoms with Crippen LogP contribution in [0.2, 0.25) is 0 Å². The summed E-state index contributed by atoms with van der Waals surface area (Å²) in [5.74, 6) is -0.789. The number of nitrogens with one attached hydrogen (secondary N) is 2. The Kier molecular flexibility index (Phi) is 14.5. The lowest BCUT2D eigenvalue weighted by atomic mass is 9.96. The van der Waals surface area contributed by atoms with Crippen LogP contribution in [0.15, 0.2) is 89.2 Å². The number of nitrogens with zero attached hydrogens (tertiary/aromatic N) is 4. The highest BCUT2D eigenvalue weighted by Gasteiger charge is 2.34. The van der Waals surface area contributed by atoms with Crippen molar-refractivity contribution >= 4 is 28.2 Å². The Labute approximate surface area is 283 Å². The highest BCUT2D eigenvalue weighted by atomic mass is 32.2. The number of urea groups is 1. The molecule has 4 N–H and O–H groups in total. The number of aromatic nitrogens is 1. The minimum atomic E-state index is -4.06. The number of hydrogen-bond donors (Lipinski definition) is 4. The highest BCUT2D eigenvalue weighted by molar-refractivity contribution is 7.89. The molecular weight excluding hydrogens is 632 g/mol.